The molecule has 2 aliphatic heterocycles. The molecule has 0 bridgehead atoms. The molecule has 2 saturated heterocycles. The summed E-state index contributed by atoms with van der Waals surface area (Å²) in [6.07, 6.45) is -20.6. The Hall–Kier alpha value is -0.930. The lowest BCUT2D eigenvalue weighted by molar-refractivity contribution is -0.575. The zero-order chi connectivity index (χ0) is 19.5. The van der Waals surface area contributed by atoms with Gasteiger partial charge in [-0.25, -0.2) is 9.13 Å². The predicted molar refractivity (Wildman–Crippen MR) is 53.1 cm³/mol. The van der Waals surface area contributed by atoms with Crippen LogP contribution in [0.25, 0.3) is 0 Å². The zero-order valence-corrected chi connectivity index (χ0v) is 11.6. The number of hydrogen-bond donors (Lipinski definition) is 0. The van der Waals surface area contributed by atoms with Gasteiger partial charge < -0.3 is 9.47 Å². The molecule has 0 aromatic carbocycles. The predicted octanol–water partition coefficient (Wildman–Crippen LogP) is 3.04. The molecule has 25 heavy (non-hydrogen) atoms. The van der Waals surface area contributed by atoms with Crippen LogP contribution in [0.15, 0.2) is 0 Å². The minimum absolute atomic E-state index is 0.288. The third kappa shape index (κ3) is 2.94. The first-order chi connectivity index (χ1) is 11.1. The Morgan fingerprint density at radius 3 is 1.76 bits per heavy atom. The SMILES string of the molecule is FC(N1C(F)(F)C(F)(F)OC(F)(F)C1(F)F)C(F)(F)C1COCCO1. The van der Waals surface area contributed by atoms with E-state index in [1.165, 1.54) is 0 Å². The second kappa shape index (κ2) is 5.79. The quantitative estimate of drug-likeness (QED) is 0.540. The monoisotopic (exact) mass is 399 g/mol. The van der Waals surface area contributed by atoms with Crippen molar-refractivity contribution in [1.82, 2.24) is 4.90 Å². The van der Waals surface area contributed by atoms with Crippen LogP contribution >= 0.6 is 0 Å². The number of rotatable bonds is 3. The summed E-state index contributed by atoms with van der Waals surface area (Å²) in [6.45, 7) is -2.10. The Labute approximate surface area is 131 Å². The summed E-state index contributed by atoms with van der Waals surface area (Å²) in [5, 5.41) is 0. The van der Waals surface area contributed by atoms with E-state index in [-0.39, 0.29) is 6.61 Å². The summed E-state index contributed by atoms with van der Waals surface area (Å²) in [7, 11) is 0. The van der Waals surface area contributed by atoms with E-state index < -0.39 is 60.7 Å². The maximum Gasteiger partial charge on any atom is 0.439 e. The van der Waals surface area contributed by atoms with E-state index in [0.29, 0.717) is 0 Å². The molecular weight excluding hydrogens is 391 g/mol. The third-order valence-corrected chi connectivity index (χ3v) is 3.35. The molecule has 0 aromatic heterocycles. The van der Waals surface area contributed by atoms with Crippen molar-refractivity contribution in [2.24, 2.45) is 0 Å². The summed E-state index contributed by atoms with van der Waals surface area (Å²) in [5.74, 6) is -5.34. The fraction of sp³-hybridized carbons (Fsp3) is 1.00. The first-order valence-corrected chi connectivity index (χ1v) is 6.31. The van der Waals surface area contributed by atoms with Crippen LogP contribution in [0.3, 0.4) is 0 Å². The van der Waals surface area contributed by atoms with Gasteiger partial charge in [-0.1, -0.05) is 0 Å². The van der Waals surface area contributed by atoms with Crippen LogP contribution in [-0.4, -0.2) is 67.4 Å². The number of morpholine rings is 1. The standard InChI is InChI=1S/C10H8F11NO3/c11-5(6(12,13)4-3-23-1-2-24-4)22-7(14,15)9(18,19)25-10(20,21)8(22,16)17/h4-5H,1-3H2. The molecule has 148 valence electrons. The molecule has 2 atom stereocenters. The van der Waals surface area contributed by atoms with Gasteiger partial charge in [-0.05, 0) is 0 Å². The van der Waals surface area contributed by atoms with Gasteiger partial charge in [0.25, 0.3) is 0 Å². The molecular formula is C10H8F11NO3. The van der Waals surface area contributed by atoms with Gasteiger partial charge in [-0.2, -0.15) is 43.9 Å². The summed E-state index contributed by atoms with van der Waals surface area (Å²) in [5.41, 5.74) is 0. The van der Waals surface area contributed by atoms with Crippen LogP contribution in [0.5, 0.6) is 0 Å². The normalized spacial score (nSPS) is 33.0. The van der Waals surface area contributed by atoms with Crippen LogP contribution < -0.4 is 0 Å². The Kier molecular flexibility index (Phi) is 4.72. The topological polar surface area (TPSA) is 30.9 Å². The van der Waals surface area contributed by atoms with Crippen molar-refractivity contribution in [3.05, 3.63) is 0 Å². The van der Waals surface area contributed by atoms with Crippen molar-refractivity contribution >= 4 is 0 Å². The van der Waals surface area contributed by atoms with Crippen LogP contribution in [-0.2, 0) is 14.2 Å². The first-order valence-electron chi connectivity index (χ1n) is 6.31. The van der Waals surface area contributed by atoms with Gasteiger partial charge in [-0.3, -0.25) is 0 Å². The molecule has 2 rings (SSSR count). The van der Waals surface area contributed by atoms with Crippen molar-refractivity contribution in [2.75, 3.05) is 19.8 Å². The molecule has 0 radical (unpaired) electrons. The molecule has 2 aliphatic rings. The largest absolute Gasteiger partial charge is 0.439 e. The van der Waals surface area contributed by atoms with Crippen LogP contribution in [0.2, 0.25) is 0 Å². The van der Waals surface area contributed by atoms with E-state index in [0.717, 1.165) is 0 Å². The number of halogens is 11. The van der Waals surface area contributed by atoms with Gasteiger partial charge in [0, 0.05) is 0 Å². The molecule has 0 N–H and O–H groups in total. The van der Waals surface area contributed by atoms with Crippen molar-refractivity contribution in [1.29, 1.82) is 0 Å². The Morgan fingerprint density at radius 2 is 1.36 bits per heavy atom. The number of alkyl halides is 11. The van der Waals surface area contributed by atoms with Crippen molar-refractivity contribution in [3.63, 3.8) is 0 Å². The van der Waals surface area contributed by atoms with Gasteiger partial charge in [0.1, 0.15) is 6.10 Å². The zero-order valence-electron chi connectivity index (χ0n) is 11.6. The summed E-state index contributed by atoms with van der Waals surface area (Å²) in [6, 6.07) is -13.1. The highest BCUT2D eigenvalue weighted by atomic mass is 19.4. The highest BCUT2D eigenvalue weighted by molar-refractivity contribution is 5.00. The number of ether oxygens (including phenoxy) is 3. The molecule has 0 amide bonds. The van der Waals surface area contributed by atoms with E-state index in [9.17, 15) is 48.3 Å². The molecule has 2 unspecified atom stereocenters. The Morgan fingerprint density at radius 1 is 0.880 bits per heavy atom. The molecule has 0 spiro atoms. The molecule has 0 aromatic rings. The lowest BCUT2D eigenvalue weighted by Gasteiger charge is -2.49. The molecule has 0 aliphatic carbocycles. The average Bonchev–Trinajstić information content (AvgIpc) is 2.45. The summed E-state index contributed by atoms with van der Waals surface area (Å²) in [4.78, 5) is -2.90. The maximum atomic E-state index is 13.9. The van der Waals surface area contributed by atoms with Crippen molar-refractivity contribution < 1.29 is 62.5 Å². The molecule has 0 saturated carbocycles. The smallest absolute Gasteiger partial charge is 0.376 e. The van der Waals surface area contributed by atoms with E-state index in [2.05, 4.69) is 14.2 Å². The fourth-order valence-electron chi connectivity index (χ4n) is 2.06. The maximum absolute atomic E-state index is 13.9. The van der Waals surface area contributed by atoms with Gasteiger partial charge >= 0.3 is 30.2 Å². The van der Waals surface area contributed by atoms with Crippen molar-refractivity contribution in [3.8, 4) is 0 Å². The molecule has 2 fully saturated rings. The average molecular weight is 399 g/mol. The Bertz CT molecular complexity index is 482. The third-order valence-electron chi connectivity index (χ3n) is 3.35. The number of nitrogens with zero attached hydrogens (tertiary/aromatic N) is 1. The lowest BCUT2D eigenvalue weighted by atomic mass is 10.1. The lowest BCUT2D eigenvalue weighted by Crippen LogP contribution is -2.77. The number of hydrogen-bond acceptors (Lipinski definition) is 4. The van der Waals surface area contributed by atoms with Gasteiger partial charge in [0.2, 0.25) is 6.30 Å². The minimum Gasteiger partial charge on any atom is -0.376 e. The molecule has 15 heteroatoms. The van der Waals surface area contributed by atoms with Gasteiger partial charge in [0.05, 0.1) is 19.8 Å². The van der Waals surface area contributed by atoms with Crippen LogP contribution in [0, 0.1) is 0 Å². The van der Waals surface area contributed by atoms with Gasteiger partial charge in [0.15, 0.2) is 0 Å². The Balaban J connectivity index is 2.47. The van der Waals surface area contributed by atoms with Crippen molar-refractivity contribution in [2.45, 2.75) is 42.6 Å². The highest BCUT2D eigenvalue weighted by Gasteiger charge is 2.85. The second-order valence-electron chi connectivity index (χ2n) is 5.03. The van der Waals surface area contributed by atoms with Gasteiger partial charge in [-0.15, -0.1) is 4.90 Å². The highest BCUT2D eigenvalue weighted by Crippen LogP contribution is 2.58. The second-order valence-corrected chi connectivity index (χ2v) is 5.03. The van der Waals surface area contributed by atoms with Crippen LogP contribution in [0.1, 0.15) is 0 Å². The summed E-state index contributed by atoms with van der Waals surface area (Å²) < 4.78 is 158. The molecule has 2 heterocycles. The first kappa shape index (κ1) is 20.4. The van der Waals surface area contributed by atoms with E-state index in [1.807, 2.05) is 0 Å². The minimum atomic E-state index is -6.55. The van der Waals surface area contributed by atoms with E-state index in [4.69, 9.17) is 0 Å². The molecule has 4 nitrogen and oxygen atoms in total. The summed E-state index contributed by atoms with van der Waals surface area (Å²) >= 11 is 0. The van der Waals surface area contributed by atoms with E-state index >= 15 is 0 Å². The van der Waals surface area contributed by atoms with Crippen LogP contribution in [0.4, 0.5) is 48.3 Å². The fourth-order valence-corrected chi connectivity index (χ4v) is 2.06. The van der Waals surface area contributed by atoms with E-state index in [1.54, 1.807) is 0 Å².